The zero-order chi connectivity index (χ0) is 24.2. The van der Waals surface area contributed by atoms with Gasteiger partial charge in [0.05, 0.1) is 13.2 Å². The number of amides is 2. The van der Waals surface area contributed by atoms with Crippen LogP contribution in [-0.4, -0.2) is 30.0 Å². The van der Waals surface area contributed by atoms with Crippen molar-refractivity contribution in [3.8, 4) is 0 Å². The van der Waals surface area contributed by atoms with Gasteiger partial charge in [-0.1, -0.05) is 54.6 Å². The van der Waals surface area contributed by atoms with Gasteiger partial charge >= 0.3 is 0 Å². The molecule has 0 spiro atoms. The second kappa shape index (κ2) is 13.2. The Morgan fingerprint density at radius 1 is 0.647 bits per heavy atom. The Kier molecular flexibility index (Phi) is 9.76. The van der Waals surface area contributed by atoms with Crippen LogP contribution in [0.3, 0.4) is 0 Å². The minimum atomic E-state index is -0.345. The molecule has 7 heteroatoms. The van der Waals surface area contributed by atoms with Crippen molar-refractivity contribution in [2.45, 2.75) is 40.2 Å². The topological polar surface area (TPSA) is 89.5 Å². The van der Waals surface area contributed by atoms with Crippen LogP contribution < -0.4 is 10.6 Å². The van der Waals surface area contributed by atoms with E-state index >= 15 is 0 Å². The van der Waals surface area contributed by atoms with Gasteiger partial charge in [0, 0.05) is 26.3 Å². The van der Waals surface area contributed by atoms with Crippen LogP contribution in [0.2, 0.25) is 0 Å². The monoisotopic (exact) mass is 461 g/mol. The Bertz CT molecular complexity index is 1020. The Hall–Kier alpha value is -3.55. The Morgan fingerprint density at radius 3 is 1.47 bits per heavy atom. The van der Waals surface area contributed by atoms with Gasteiger partial charge < -0.3 is 20.1 Å². The number of rotatable bonds is 12. The van der Waals surface area contributed by atoms with E-state index in [2.05, 4.69) is 15.6 Å². The van der Waals surface area contributed by atoms with Crippen LogP contribution in [0.5, 0.6) is 0 Å². The van der Waals surface area contributed by atoms with E-state index in [0.29, 0.717) is 39.5 Å². The number of hydrogen-bond acceptors (Lipinski definition) is 5. The highest BCUT2D eigenvalue weighted by Crippen LogP contribution is 2.12. The number of carbonyl (C=O) groups excluding carboxylic acids is 2. The summed E-state index contributed by atoms with van der Waals surface area (Å²) in [5.41, 5.74) is 4.37. The maximum atomic E-state index is 12.7. The van der Waals surface area contributed by atoms with Gasteiger partial charge in [-0.3, -0.25) is 9.59 Å². The lowest BCUT2D eigenvalue weighted by atomic mass is 10.1. The number of ether oxygens (including phenoxy) is 2. The summed E-state index contributed by atoms with van der Waals surface area (Å²) in [6.45, 7) is 6.80. The van der Waals surface area contributed by atoms with Gasteiger partial charge in [-0.2, -0.15) is 0 Å². The quantitative estimate of drug-likeness (QED) is 0.425. The van der Waals surface area contributed by atoms with Crippen molar-refractivity contribution >= 4 is 11.8 Å². The summed E-state index contributed by atoms with van der Waals surface area (Å²) in [4.78, 5) is 29.7. The first kappa shape index (κ1) is 25.1. The molecule has 2 amide bonds. The molecule has 3 rings (SSSR count). The maximum absolute atomic E-state index is 12.7. The van der Waals surface area contributed by atoms with Crippen molar-refractivity contribution in [3.05, 3.63) is 100 Å². The number of hydrogen-bond donors (Lipinski definition) is 2. The molecule has 1 aromatic heterocycles. The summed E-state index contributed by atoms with van der Waals surface area (Å²) in [7, 11) is 0. The van der Waals surface area contributed by atoms with E-state index < -0.39 is 0 Å². The van der Waals surface area contributed by atoms with Crippen molar-refractivity contribution in [2.24, 2.45) is 0 Å². The third kappa shape index (κ3) is 7.23. The molecule has 0 aliphatic rings. The lowest BCUT2D eigenvalue weighted by molar-refractivity contribution is 0.0940. The number of pyridine rings is 1. The van der Waals surface area contributed by atoms with Gasteiger partial charge in [0.25, 0.3) is 11.8 Å². The van der Waals surface area contributed by atoms with Gasteiger partial charge in [-0.25, -0.2) is 4.98 Å². The molecule has 0 aliphatic carbocycles. The molecular formula is C27H31N3O4. The molecule has 0 saturated carbocycles. The highest BCUT2D eigenvalue weighted by atomic mass is 16.5. The molecule has 3 aromatic rings. The third-order valence-corrected chi connectivity index (χ3v) is 5.25. The van der Waals surface area contributed by atoms with E-state index in [1.165, 1.54) is 0 Å². The van der Waals surface area contributed by atoms with E-state index in [4.69, 9.17) is 9.47 Å². The predicted octanol–water partition coefficient (Wildman–Crippen LogP) is 4.01. The van der Waals surface area contributed by atoms with Gasteiger partial charge in [-0.05, 0) is 48.2 Å². The molecule has 0 fully saturated rings. The highest BCUT2D eigenvalue weighted by Gasteiger charge is 2.13. The number of nitrogens with one attached hydrogen (secondary N) is 2. The van der Waals surface area contributed by atoms with Crippen molar-refractivity contribution in [1.29, 1.82) is 0 Å². The summed E-state index contributed by atoms with van der Waals surface area (Å²) < 4.78 is 11.0. The maximum Gasteiger partial charge on any atom is 0.270 e. The summed E-state index contributed by atoms with van der Waals surface area (Å²) in [6, 6.07) is 20.4. The molecule has 7 nitrogen and oxygen atoms in total. The van der Waals surface area contributed by atoms with E-state index in [9.17, 15) is 9.59 Å². The average molecular weight is 462 g/mol. The molecule has 0 aliphatic heterocycles. The molecule has 1 heterocycles. The lowest BCUT2D eigenvalue weighted by Crippen LogP contribution is -2.27. The lowest BCUT2D eigenvalue weighted by Gasteiger charge is -2.12. The number of nitrogens with zero attached hydrogens (tertiary/aromatic N) is 1. The first-order valence-corrected chi connectivity index (χ1v) is 11.4. The van der Waals surface area contributed by atoms with Crippen LogP contribution in [0.25, 0.3) is 0 Å². The normalized spacial score (nSPS) is 10.6. The van der Waals surface area contributed by atoms with Gasteiger partial charge in [0.15, 0.2) is 0 Å². The smallest absolute Gasteiger partial charge is 0.270 e. The Balaban J connectivity index is 1.60. The summed E-state index contributed by atoms with van der Waals surface area (Å²) in [5.74, 6) is -0.689. The fourth-order valence-corrected chi connectivity index (χ4v) is 3.39. The fourth-order valence-electron chi connectivity index (χ4n) is 3.39. The first-order chi connectivity index (χ1) is 16.6. The minimum absolute atomic E-state index is 0.187. The molecule has 2 N–H and O–H groups in total. The van der Waals surface area contributed by atoms with E-state index in [1.54, 1.807) is 18.2 Å². The zero-order valence-electron chi connectivity index (χ0n) is 19.7. The SMILES string of the molecule is CCOCc1ccccc1CNC(=O)c1cccc(C(=O)NCc2ccccc2COCC)n1. The van der Waals surface area contributed by atoms with Gasteiger partial charge in [0.2, 0.25) is 0 Å². The van der Waals surface area contributed by atoms with Crippen molar-refractivity contribution < 1.29 is 19.1 Å². The second-order valence-corrected chi connectivity index (χ2v) is 7.59. The molecule has 178 valence electrons. The average Bonchev–Trinajstić information content (AvgIpc) is 2.88. The van der Waals surface area contributed by atoms with Crippen LogP contribution in [0.15, 0.2) is 66.7 Å². The van der Waals surface area contributed by atoms with Crippen molar-refractivity contribution in [1.82, 2.24) is 15.6 Å². The molecule has 0 radical (unpaired) electrons. The molecule has 0 saturated heterocycles. The third-order valence-electron chi connectivity index (χ3n) is 5.25. The molecular weight excluding hydrogens is 430 g/mol. The van der Waals surface area contributed by atoms with Gasteiger partial charge in [0.1, 0.15) is 11.4 Å². The van der Waals surface area contributed by atoms with Crippen LogP contribution >= 0.6 is 0 Å². The number of carbonyl (C=O) groups is 2. The summed E-state index contributed by atoms with van der Waals surface area (Å²) in [5, 5.41) is 5.76. The van der Waals surface area contributed by atoms with Crippen LogP contribution in [0, 0.1) is 0 Å². The van der Waals surface area contributed by atoms with Gasteiger partial charge in [-0.15, -0.1) is 0 Å². The van der Waals surface area contributed by atoms with E-state index in [0.717, 1.165) is 22.3 Å². The number of benzene rings is 2. The van der Waals surface area contributed by atoms with E-state index in [-0.39, 0.29) is 23.2 Å². The van der Waals surface area contributed by atoms with Crippen LogP contribution in [0.4, 0.5) is 0 Å². The predicted molar refractivity (Wildman–Crippen MR) is 130 cm³/mol. The zero-order valence-corrected chi connectivity index (χ0v) is 19.7. The largest absolute Gasteiger partial charge is 0.377 e. The molecule has 0 bridgehead atoms. The highest BCUT2D eigenvalue weighted by molar-refractivity contribution is 5.96. The molecule has 2 aromatic carbocycles. The fraction of sp³-hybridized carbons (Fsp3) is 0.296. The molecule has 0 atom stereocenters. The Morgan fingerprint density at radius 2 is 1.06 bits per heavy atom. The van der Waals surface area contributed by atoms with Crippen LogP contribution in [-0.2, 0) is 35.8 Å². The first-order valence-electron chi connectivity index (χ1n) is 11.4. The van der Waals surface area contributed by atoms with Crippen molar-refractivity contribution in [3.63, 3.8) is 0 Å². The second-order valence-electron chi connectivity index (χ2n) is 7.59. The number of aromatic nitrogens is 1. The minimum Gasteiger partial charge on any atom is -0.377 e. The molecule has 34 heavy (non-hydrogen) atoms. The van der Waals surface area contributed by atoms with Crippen LogP contribution in [0.1, 0.15) is 57.1 Å². The standard InChI is InChI=1S/C27H31N3O4/c1-3-33-18-22-12-7-5-10-20(22)16-28-26(31)24-14-9-15-25(30-24)27(32)29-17-21-11-6-8-13-23(21)19-34-4-2/h5-15H,3-4,16-19H2,1-2H3,(H,28,31)(H,29,32). The Labute approximate surface area is 200 Å². The summed E-state index contributed by atoms with van der Waals surface area (Å²) >= 11 is 0. The molecule has 0 unspecified atom stereocenters. The van der Waals surface area contributed by atoms with Crippen molar-refractivity contribution in [2.75, 3.05) is 13.2 Å². The van der Waals surface area contributed by atoms with E-state index in [1.807, 2.05) is 62.4 Å². The summed E-state index contributed by atoms with van der Waals surface area (Å²) in [6.07, 6.45) is 0.